The average molecular weight is 539 g/mol. The minimum absolute atomic E-state index is 0.100. The van der Waals surface area contributed by atoms with E-state index in [0.717, 1.165) is 23.1 Å². The highest BCUT2D eigenvalue weighted by Gasteiger charge is 2.38. The van der Waals surface area contributed by atoms with Gasteiger partial charge in [0.05, 0.1) is 26.8 Å². The van der Waals surface area contributed by atoms with Crippen LogP contribution in [0.2, 0.25) is 0 Å². The van der Waals surface area contributed by atoms with Gasteiger partial charge in [-0.25, -0.2) is 17.5 Å². The lowest BCUT2D eigenvalue weighted by molar-refractivity contribution is -0.139. The number of aryl methyl sites for hydroxylation is 1. The molecule has 0 atom stereocenters. The number of aliphatic hydroxyl groups is 1. The van der Waals surface area contributed by atoms with Gasteiger partial charge in [-0.1, -0.05) is 18.2 Å². The number of aromatic nitrogens is 2. The van der Waals surface area contributed by atoms with Crippen LogP contribution in [0.3, 0.4) is 0 Å². The summed E-state index contributed by atoms with van der Waals surface area (Å²) in [5, 5.41) is 14.8. The summed E-state index contributed by atoms with van der Waals surface area (Å²) < 4.78 is 80.9. The highest BCUT2D eigenvalue weighted by Crippen LogP contribution is 2.42. The molecule has 1 N–H and O–H groups in total. The summed E-state index contributed by atoms with van der Waals surface area (Å²) in [4.78, 5) is 1.35. The Hall–Kier alpha value is -3.02. The SMILES string of the molecule is Cc1cc(-c2cccc(S(C)(=O)=O)c2)sc1-c1cc(C(C)(C)O)nn1-c1cccc(F)c1C(F)(F)F. The summed E-state index contributed by atoms with van der Waals surface area (Å²) in [6.07, 6.45) is -3.88. The fourth-order valence-electron chi connectivity index (χ4n) is 3.75. The molecule has 0 saturated carbocycles. The predicted octanol–water partition coefficient (Wildman–Crippen LogP) is 6.37. The summed E-state index contributed by atoms with van der Waals surface area (Å²) >= 11 is 1.22. The number of thiophene rings is 1. The topological polar surface area (TPSA) is 72.2 Å². The number of hydrogen-bond acceptors (Lipinski definition) is 5. The van der Waals surface area contributed by atoms with E-state index in [2.05, 4.69) is 5.10 Å². The lowest BCUT2D eigenvalue weighted by atomic mass is 10.1. The van der Waals surface area contributed by atoms with Gasteiger partial charge in [0, 0.05) is 11.1 Å². The quantitative estimate of drug-likeness (QED) is 0.300. The summed E-state index contributed by atoms with van der Waals surface area (Å²) in [6, 6.07) is 12.6. The molecule has 190 valence electrons. The lowest BCUT2D eigenvalue weighted by Crippen LogP contribution is -2.18. The molecular formula is C25H22F4N2O3S2. The van der Waals surface area contributed by atoms with Crippen LogP contribution in [0.4, 0.5) is 17.6 Å². The molecule has 36 heavy (non-hydrogen) atoms. The predicted molar refractivity (Wildman–Crippen MR) is 130 cm³/mol. The first-order valence-corrected chi connectivity index (χ1v) is 13.4. The van der Waals surface area contributed by atoms with Gasteiger partial charge in [0.25, 0.3) is 0 Å². The van der Waals surface area contributed by atoms with Crippen LogP contribution in [-0.2, 0) is 21.6 Å². The fraction of sp³-hybridized carbons (Fsp3) is 0.240. The summed E-state index contributed by atoms with van der Waals surface area (Å²) in [6.45, 7) is 4.65. The number of nitrogens with zero attached hydrogens (tertiary/aromatic N) is 2. The molecule has 11 heteroatoms. The first-order chi connectivity index (χ1) is 16.6. The number of alkyl halides is 3. The molecule has 0 aliphatic heterocycles. The van der Waals surface area contributed by atoms with Gasteiger partial charge in [-0.05, 0) is 68.3 Å². The van der Waals surface area contributed by atoms with Crippen molar-refractivity contribution in [1.29, 1.82) is 0 Å². The summed E-state index contributed by atoms with van der Waals surface area (Å²) in [7, 11) is -3.45. The molecule has 2 aromatic heterocycles. The zero-order chi connectivity index (χ0) is 26.6. The Morgan fingerprint density at radius 3 is 2.31 bits per heavy atom. The summed E-state index contributed by atoms with van der Waals surface area (Å²) in [5.74, 6) is -1.44. The van der Waals surface area contributed by atoms with Crippen molar-refractivity contribution in [3.05, 3.63) is 77.2 Å². The molecule has 0 fully saturated rings. The maximum absolute atomic E-state index is 14.4. The molecule has 0 radical (unpaired) electrons. The van der Waals surface area contributed by atoms with E-state index in [1.165, 1.54) is 49.4 Å². The van der Waals surface area contributed by atoms with Crippen molar-refractivity contribution in [2.24, 2.45) is 0 Å². The van der Waals surface area contributed by atoms with Crippen LogP contribution < -0.4 is 0 Å². The van der Waals surface area contributed by atoms with Gasteiger partial charge in [-0.15, -0.1) is 11.3 Å². The number of benzene rings is 2. The van der Waals surface area contributed by atoms with Crippen LogP contribution in [-0.4, -0.2) is 29.6 Å². The largest absolute Gasteiger partial charge is 0.421 e. The normalized spacial score (nSPS) is 12.8. The van der Waals surface area contributed by atoms with E-state index in [1.54, 1.807) is 25.1 Å². The molecule has 2 heterocycles. The third kappa shape index (κ3) is 4.95. The molecule has 5 nitrogen and oxygen atoms in total. The van der Waals surface area contributed by atoms with Gasteiger partial charge in [0.2, 0.25) is 0 Å². The van der Waals surface area contributed by atoms with E-state index < -0.39 is 38.7 Å². The van der Waals surface area contributed by atoms with Crippen molar-refractivity contribution in [3.8, 4) is 26.7 Å². The molecule has 0 amide bonds. The van der Waals surface area contributed by atoms with E-state index in [0.29, 0.717) is 20.9 Å². The zero-order valence-electron chi connectivity index (χ0n) is 19.7. The molecule has 4 rings (SSSR count). The van der Waals surface area contributed by atoms with Crippen LogP contribution in [0.5, 0.6) is 0 Å². The van der Waals surface area contributed by atoms with Gasteiger partial charge in [-0.2, -0.15) is 18.3 Å². The highest BCUT2D eigenvalue weighted by molar-refractivity contribution is 7.90. The van der Waals surface area contributed by atoms with Crippen molar-refractivity contribution < 1.29 is 31.1 Å². The molecule has 0 unspecified atom stereocenters. The number of rotatable bonds is 5. The maximum Gasteiger partial charge on any atom is 0.421 e. The van der Waals surface area contributed by atoms with Crippen molar-refractivity contribution in [2.45, 2.75) is 37.4 Å². The zero-order valence-corrected chi connectivity index (χ0v) is 21.3. The van der Waals surface area contributed by atoms with Crippen molar-refractivity contribution >= 4 is 21.2 Å². The van der Waals surface area contributed by atoms with Crippen LogP contribution in [0.25, 0.3) is 26.7 Å². The number of sulfone groups is 1. The Labute approximate surface area is 209 Å². The third-order valence-corrected chi connectivity index (χ3v) is 7.96. The Balaban J connectivity index is 1.96. The molecule has 0 saturated heterocycles. The third-order valence-electron chi connectivity index (χ3n) is 5.54. The van der Waals surface area contributed by atoms with Crippen molar-refractivity contribution in [2.75, 3.05) is 6.26 Å². The molecule has 4 aromatic rings. The van der Waals surface area contributed by atoms with E-state index in [1.807, 2.05) is 0 Å². The minimum Gasteiger partial charge on any atom is -0.384 e. The maximum atomic E-state index is 14.4. The van der Waals surface area contributed by atoms with Crippen molar-refractivity contribution in [1.82, 2.24) is 9.78 Å². The molecule has 2 aromatic carbocycles. The van der Waals surface area contributed by atoms with Crippen LogP contribution in [0.15, 0.2) is 59.5 Å². The van der Waals surface area contributed by atoms with E-state index in [-0.39, 0.29) is 16.3 Å². The number of hydrogen-bond donors (Lipinski definition) is 1. The van der Waals surface area contributed by atoms with E-state index >= 15 is 0 Å². The Kier molecular flexibility index (Phi) is 6.39. The standard InChI is InChI=1S/C25H22F4N2O3S2/c1-14-11-20(15-7-5-8-16(12-15)36(4,33)34)35-23(14)19-13-21(24(2,3)32)30-31(19)18-10-6-9-17(26)22(18)25(27,28)29/h5-13,32H,1-4H3. The average Bonchev–Trinajstić information content (AvgIpc) is 3.36. The second-order valence-corrected chi connectivity index (χ2v) is 12.0. The Morgan fingerprint density at radius 2 is 1.69 bits per heavy atom. The molecule has 0 spiro atoms. The second kappa shape index (κ2) is 8.82. The first kappa shape index (κ1) is 26.1. The molecule has 0 aliphatic rings. The minimum atomic E-state index is -4.99. The van der Waals surface area contributed by atoms with Crippen LogP contribution in [0.1, 0.15) is 30.7 Å². The summed E-state index contributed by atoms with van der Waals surface area (Å²) in [5.41, 5.74) is -1.82. The fourth-order valence-corrected chi connectivity index (χ4v) is 5.59. The van der Waals surface area contributed by atoms with Crippen LogP contribution in [0, 0.1) is 12.7 Å². The molecular weight excluding hydrogens is 516 g/mol. The van der Waals surface area contributed by atoms with Gasteiger partial charge >= 0.3 is 6.18 Å². The lowest BCUT2D eigenvalue weighted by Gasteiger charge is -2.16. The van der Waals surface area contributed by atoms with Crippen molar-refractivity contribution in [3.63, 3.8) is 0 Å². The Bertz CT molecular complexity index is 1560. The van der Waals surface area contributed by atoms with E-state index in [4.69, 9.17) is 0 Å². The monoisotopic (exact) mass is 538 g/mol. The van der Waals surface area contributed by atoms with Gasteiger partial charge in [0.15, 0.2) is 9.84 Å². The second-order valence-electron chi connectivity index (χ2n) is 8.94. The Morgan fingerprint density at radius 1 is 1.03 bits per heavy atom. The van der Waals surface area contributed by atoms with Crippen LogP contribution >= 0.6 is 11.3 Å². The van der Waals surface area contributed by atoms with Gasteiger partial charge in [0.1, 0.15) is 17.0 Å². The van der Waals surface area contributed by atoms with Gasteiger partial charge < -0.3 is 5.11 Å². The van der Waals surface area contributed by atoms with Gasteiger partial charge in [-0.3, -0.25) is 0 Å². The smallest absolute Gasteiger partial charge is 0.384 e. The first-order valence-electron chi connectivity index (χ1n) is 10.7. The number of halogens is 4. The molecule has 0 bridgehead atoms. The molecule has 0 aliphatic carbocycles. The highest BCUT2D eigenvalue weighted by atomic mass is 32.2. The van der Waals surface area contributed by atoms with E-state index in [9.17, 15) is 31.1 Å².